The fourth-order valence-corrected chi connectivity index (χ4v) is 15.2. The van der Waals surface area contributed by atoms with Gasteiger partial charge in [0.1, 0.15) is 24.7 Å². The van der Waals surface area contributed by atoms with Gasteiger partial charge in [0.25, 0.3) is 0 Å². The average molecular weight is 873 g/mol. The number of aliphatic hydroxyl groups excluding tert-OH is 2. The predicted octanol–water partition coefficient (Wildman–Crippen LogP) is 9.53. The van der Waals surface area contributed by atoms with Crippen molar-refractivity contribution in [3.05, 3.63) is 43.3 Å². The Morgan fingerprint density at radius 2 is 1.41 bits per heavy atom. The van der Waals surface area contributed by atoms with Gasteiger partial charge in [-0.05, 0) is 101 Å². The van der Waals surface area contributed by atoms with Crippen molar-refractivity contribution in [3.63, 3.8) is 0 Å². The molecule has 2 saturated heterocycles. The van der Waals surface area contributed by atoms with Crippen LogP contribution in [0.15, 0.2) is 21.1 Å². The van der Waals surface area contributed by atoms with Crippen molar-refractivity contribution in [1.29, 1.82) is 0 Å². The molecule has 2 aromatic rings. The molecule has 4 rings (SSSR count). The molecule has 0 aromatic heterocycles. The lowest BCUT2D eigenvalue weighted by Gasteiger charge is -2.27. The maximum atomic E-state index is 10.8. The molecule has 0 radical (unpaired) electrons. The van der Waals surface area contributed by atoms with Crippen molar-refractivity contribution >= 4 is 102 Å². The normalized spacial score (nSPS) is 20.7. The second-order valence-electron chi connectivity index (χ2n) is 11.9. The molecule has 2 aromatic carbocycles. The molecule has 2 aliphatic heterocycles. The zero-order chi connectivity index (χ0) is 33.2. The Hall–Kier alpha value is 1.02. The van der Waals surface area contributed by atoms with E-state index in [0.717, 1.165) is 64.8 Å². The van der Waals surface area contributed by atoms with E-state index in [4.69, 9.17) is 9.47 Å². The number of rotatable bonds is 16. The third-order valence-electron chi connectivity index (χ3n) is 8.06. The van der Waals surface area contributed by atoms with Gasteiger partial charge in [0, 0.05) is 87.4 Å². The van der Waals surface area contributed by atoms with Crippen molar-refractivity contribution in [1.82, 2.24) is 0 Å². The quantitative estimate of drug-likeness (QED) is 0.160. The van der Waals surface area contributed by atoms with Gasteiger partial charge >= 0.3 is 0 Å². The highest BCUT2D eigenvalue weighted by Gasteiger charge is 2.24. The van der Waals surface area contributed by atoms with E-state index < -0.39 is 12.2 Å². The van der Waals surface area contributed by atoms with E-state index in [2.05, 4.69) is 114 Å². The van der Waals surface area contributed by atoms with E-state index in [-0.39, 0.29) is 6.61 Å². The first-order valence-electron chi connectivity index (χ1n) is 15.9. The Morgan fingerprint density at radius 1 is 0.826 bits per heavy atom. The monoisotopic (exact) mass is 870 g/mol. The van der Waals surface area contributed by atoms with Gasteiger partial charge in [0.15, 0.2) is 0 Å². The third-order valence-corrected chi connectivity index (χ3v) is 18.7. The van der Waals surface area contributed by atoms with E-state index in [1.54, 1.807) is 0 Å². The Morgan fingerprint density at radius 3 is 2.00 bits per heavy atom. The molecule has 0 bridgehead atoms. The van der Waals surface area contributed by atoms with Crippen LogP contribution in [-0.4, -0.2) is 103 Å². The highest BCUT2D eigenvalue weighted by atomic mass is 79.9. The molecular formula is C34H48Br2O4S6. The predicted molar refractivity (Wildman–Crippen MR) is 220 cm³/mol. The summed E-state index contributed by atoms with van der Waals surface area (Å²) in [6.45, 7) is 11.1. The molecule has 0 aliphatic carbocycles. The fourth-order valence-electron chi connectivity index (χ4n) is 5.48. The van der Waals surface area contributed by atoms with Crippen molar-refractivity contribution in [3.8, 4) is 22.6 Å². The van der Waals surface area contributed by atoms with E-state index in [9.17, 15) is 10.2 Å². The average Bonchev–Trinajstić information content (AvgIpc) is 3.05. The van der Waals surface area contributed by atoms with Crippen LogP contribution in [0.4, 0.5) is 0 Å². The van der Waals surface area contributed by atoms with Crippen LogP contribution in [0.25, 0.3) is 11.1 Å². The molecule has 0 spiro atoms. The Bertz CT molecular complexity index is 1220. The molecule has 2 N–H and O–H groups in total. The fraction of sp³-hybridized carbons (Fsp3) is 0.647. The molecule has 46 heavy (non-hydrogen) atoms. The maximum absolute atomic E-state index is 10.8. The summed E-state index contributed by atoms with van der Waals surface area (Å²) in [5.41, 5.74) is 6.25. The minimum absolute atomic E-state index is 0.263. The molecule has 2 aliphatic rings. The smallest absolute Gasteiger partial charge is 0.127 e. The summed E-state index contributed by atoms with van der Waals surface area (Å²) >= 11 is 19.7. The number of benzene rings is 2. The summed E-state index contributed by atoms with van der Waals surface area (Å²) in [6.07, 6.45) is 0.194. The van der Waals surface area contributed by atoms with Crippen LogP contribution < -0.4 is 9.47 Å². The molecule has 5 atom stereocenters. The molecule has 2 fully saturated rings. The van der Waals surface area contributed by atoms with Crippen molar-refractivity contribution in [2.24, 2.45) is 0 Å². The highest BCUT2D eigenvalue weighted by molar-refractivity contribution is 9.11. The van der Waals surface area contributed by atoms with E-state index in [1.165, 1.54) is 40.9 Å². The number of hydrogen-bond acceptors (Lipinski definition) is 10. The van der Waals surface area contributed by atoms with Crippen LogP contribution in [0.3, 0.4) is 0 Å². The highest BCUT2D eigenvalue weighted by Crippen LogP contribution is 2.46. The Kier molecular flexibility index (Phi) is 17.4. The zero-order valence-corrected chi connectivity index (χ0v) is 35.5. The van der Waals surface area contributed by atoms with Gasteiger partial charge in [0.05, 0.1) is 12.2 Å². The summed E-state index contributed by atoms with van der Waals surface area (Å²) in [5.74, 6) is 11.6. The lowest BCUT2D eigenvalue weighted by molar-refractivity contribution is 0.125. The van der Waals surface area contributed by atoms with Crippen LogP contribution in [0.2, 0.25) is 0 Å². The second-order valence-corrected chi connectivity index (χ2v) is 21.1. The minimum Gasteiger partial charge on any atom is -0.490 e. The van der Waals surface area contributed by atoms with Gasteiger partial charge in [-0.15, -0.1) is 0 Å². The molecule has 0 amide bonds. The first kappa shape index (κ1) is 39.8. The largest absolute Gasteiger partial charge is 0.490 e. The molecule has 258 valence electrons. The topological polar surface area (TPSA) is 58.9 Å². The summed E-state index contributed by atoms with van der Waals surface area (Å²) in [7, 11) is 0. The van der Waals surface area contributed by atoms with Crippen LogP contribution in [-0.2, 0) is 0 Å². The number of thioether (sulfide) groups is 6. The van der Waals surface area contributed by atoms with Crippen molar-refractivity contribution in [2.75, 3.05) is 65.0 Å². The molecule has 4 nitrogen and oxygen atoms in total. The number of halogens is 2. The Balaban J connectivity index is 1.33. The molecule has 12 heteroatoms. The lowest BCUT2D eigenvalue weighted by Crippen LogP contribution is -2.27. The summed E-state index contributed by atoms with van der Waals surface area (Å²) in [4.78, 5) is 0. The molecule has 2 heterocycles. The van der Waals surface area contributed by atoms with Crippen LogP contribution in [0.5, 0.6) is 11.5 Å². The van der Waals surface area contributed by atoms with Crippen LogP contribution in [0, 0.1) is 27.7 Å². The maximum Gasteiger partial charge on any atom is 0.127 e. The summed E-state index contributed by atoms with van der Waals surface area (Å²) in [5, 5.41) is 23.3. The van der Waals surface area contributed by atoms with Crippen molar-refractivity contribution in [2.45, 2.75) is 69.0 Å². The zero-order valence-electron chi connectivity index (χ0n) is 27.4. The van der Waals surface area contributed by atoms with E-state index in [0.29, 0.717) is 28.6 Å². The van der Waals surface area contributed by atoms with Gasteiger partial charge in [-0.3, -0.25) is 0 Å². The van der Waals surface area contributed by atoms with Gasteiger partial charge in [0.2, 0.25) is 0 Å². The molecule has 5 unspecified atom stereocenters. The summed E-state index contributed by atoms with van der Waals surface area (Å²) < 4.78 is 14.4. The van der Waals surface area contributed by atoms with Gasteiger partial charge in [-0.25, -0.2) is 0 Å². The number of hydrogen-bond donors (Lipinski definition) is 2. The SMILES string of the molecule is Cc1cc(-c2c(Br)c(C)c(OCC(O)CSC(C)C3CSCCS3)c(C)c2Br)cc(C)c1OCC(O)CSCCC1CSCCS1. The lowest BCUT2D eigenvalue weighted by atomic mass is 9.96. The first-order chi connectivity index (χ1) is 22.1. The van der Waals surface area contributed by atoms with Crippen LogP contribution >= 0.6 is 102 Å². The van der Waals surface area contributed by atoms with E-state index in [1.807, 2.05) is 35.3 Å². The summed E-state index contributed by atoms with van der Waals surface area (Å²) in [6, 6.07) is 4.30. The minimum atomic E-state index is -0.528. The standard InChI is InChI=1S/C34H48Br2O4S6/c1-20-12-25(13-21(2)33(20)39-14-26(37)16-41-7-6-28-18-42-8-10-44-28)30-31(35)22(3)34(23(4)32(30)36)40-15-27(38)17-46-24(5)29-19-43-9-11-45-29/h12-13,24,26-29,37-38H,6-11,14-19H2,1-5H3. The second kappa shape index (κ2) is 20.2. The van der Waals surface area contributed by atoms with Crippen molar-refractivity contribution < 1.29 is 19.7 Å². The first-order valence-corrected chi connectivity index (χ1v) is 24.1. The van der Waals surface area contributed by atoms with Gasteiger partial charge in [-0.2, -0.15) is 70.6 Å². The molecule has 0 saturated carbocycles. The Labute approximate surface area is 319 Å². The third kappa shape index (κ3) is 11.5. The number of ether oxygens (including phenoxy) is 2. The van der Waals surface area contributed by atoms with Gasteiger partial charge < -0.3 is 19.7 Å². The number of aryl methyl sites for hydroxylation is 2. The molecular weight excluding hydrogens is 825 g/mol. The van der Waals surface area contributed by atoms with E-state index >= 15 is 0 Å². The van der Waals surface area contributed by atoms with Crippen LogP contribution in [0.1, 0.15) is 35.6 Å². The number of aliphatic hydroxyl groups is 2. The van der Waals surface area contributed by atoms with Gasteiger partial charge in [-0.1, -0.05) is 6.92 Å².